The summed E-state index contributed by atoms with van der Waals surface area (Å²) < 4.78 is 10.2. The van der Waals surface area contributed by atoms with Gasteiger partial charge in [0.1, 0.15) is 5.75 Å². The van der Waals surface area contributed by atoms with Crippen molar-refractivity contribution in [1.82, 2.24) is 0 Å². The Morgan fingerprint density at radius 3 is 2.72 bits per heavy atom. The fourth-order valence-corrected chi connectivity index (χ4v) is 3.47. The monoisotopic (exact) mass is 461 g/mol. The summed E-state index contributed by atoms with van der Waals surface area (Å²) in [7, 11) is 1.43. The summed E-state index contributed by atoms with van der Waals surface area (Å²) >= 11 is 5.92. The van der Waals surface area contributed by atoms with E-state index in [1.54, 1.807) is 31.2 Å². The molecule has 0 radical (unpaired) electrons. The number of nitro benzene ring substituents is 1. The predicted molar refractivity (Wildman–Crippen MR) is 116 cm³/mol. The van der Waals surface area contributed by atoms with Crippen LogP contribution >= 0.6 is 11.6 Å². The molecule has 1 aliphatic heterocycles. The Hall–Kier alpha value is -3.66. The van der Waals surface area contributed by atoms with Crippen molar-refractivity contribution < 1.29 is 28.8 Å². The molecule has 1 saturated heterocycles. The van der Waals surface area contributed by atoms with Crippen LogP contribution in [0.2, 0.25) is 5.02 Å². The first-order chi connectivity index (χ1) is 15.2. The van der Waals surface area contributed by atoms with E-state index in [0.29, 0.717) is 27.7 Å². The van der Waals surface area contributed by atoms with Gasteiger partial charge in [0.15, 0.2) is 6.61 Å². The molecule has 168 valence electrons. The van der Waals surface area contributed by atoms with E-state index in [4.69, 9.17) is 21.1 Å². The Morgan fingerprint density at radius 1 is 1.28 bits per heavy atom. The Kier molecular flexibility index (Phi) is 6.94. The molecule has 1 aliphatic rings. The van der Waals surface area contributed by atoms with Gasteiger partial charge < -0.3 is 19.7 Å². The van der Waals surface area contributed by atoms with Crippen LogP contribution in [0.1, 0.15) is 12.0 Å². The van der Waals surface area contributed by atoms with Gasteiger partial charge in [-0.05, 0) is 31.2 Å². The van der Waals surface area contributed by atoms with Crippen molar-refractivity contribution in [3.63, 3.8) is 0 Å². The molecule has 1 fully saturated rings. The molecule has 3 rings (SSSR count). The first kappa shape index (κ1) is 23.0. The molecule has 1 N–H and O–H groups in total. The number of nitrogens with zero attached hydrogens (tertiary/aromatic N) is 2. The third-order valence-electron chi connectivity index (χ3n) is 4.94. The average Bonchev–Trinajstić information content (AvgIpc) is 3.14. The van der Waals surface area contributed by atoms with Crippen LogP contribution in [-0.4, -0.2) is 43.0 Å². The van der Waals surface area contributed by atoms with Crippen LogP contribution in [0.4, 0.5) is 17.1 Å². The highest BCUT2D eigenvalue weighted by Crippen LogP contribution is 2.30. The maximum absolute atomic E-state index is 12.4. The van der Waals surface area contributed by atoms with Crippen LogP contribution in [0.5, 0.6) is 5.75 Å². The second-order valence-corrected chi connectivity index (χ2v) is 7.57. The molecule has 0 saturated carbocycles. The number of amides is 2. The molecule has 1 atom stereocenters. The van der Waals surface area contributed by atoms with Gasteiger partial charge in [-0.2, -0.15) is 0 Å². The topological polar surface area (TPSA) is 128 Å². The van der Waals surface area contributed by atoms with E-state index in [1.807, 2.05) is 0 Å². The number of benzene rings is 2. The lowest BCUT2D eigenvalue weighted by molar-refractivity contribution is -0.385. The SMILES string of the molecule is COc1ccc(Cl)cc1NC(=O)COC(=O)[C@H]1CC(=O)N(c2ccc(C)c([N+](=O)[O-])c2)C1. The lowest BCUT2D eigenvalue weighted by atomic mass is 10.1. The zero-order chi connectivity index (χ0) is 23.4. The van der Waals surface area contributed by atoms with Gasteiger partial charge in [-0.1, -0.05) is 17.7 Å². The van der Waals surface area contributed by atoms with Gasteiger partial charge in [0, 0.05) is 29.6 Å². The first-order valence-electron chi connectivity index (χ1n) is 9.55. The minimum atomic E-state index is -0.795. The predicted octanol–water partition coefficient (Wildman–Crippen LogP) is 3.10. The number of carbonyl (C=O) groups excluding carboxylic acids is 3. The number of hydrogen-bond donors (Lipinski definition) is 1. The highest BCUT2D eigenvalue weighted by Gasteiger charge is 2.37. The van der Waals surface area contributed by atoms with Crippen LogP contribution in [0.15, 0.2) is 36.4 Å². The van der Waals surface area contributed by atoms with Crippen molar-refractivity contribution in [2.45, 2.75) is 13.3 Å². The molecular formula is C21H20ClN3O7. The number of halogens is 1. The van der Waals surface area contributed by atoms with Gasteiger partial charge in [-0.3, -0.25) is 24.5 Å². The summed E-state index contributed by atoms with van der Waals surface area (Å²) in [4.78, 5) is 48.9. The molecule has 10 nitrogen and oxygen atoms in total. The molecule has 0 spiro atoms. The highest BCUT2D eigenvalue weighted by atomic mass is 35.5. The number of nitrogens with one attached hydrogen (secondary N) is 1. The Balaban J connectivity index is 1.59. The number of anilines is 2. The summed E-state index contributed by atoms with van der Waals surface area (Å²) in [6.45, 7) is 1.04. The third-order valence-corrected chi connectivity index (χ3v) is 5.18. The van der Waals surface area contributed by atoms with E-state index in [9.17, 15) is 24.5 Å². The zero-order valence-electron chi connectivity index (χ0n) is 17.3. The first-order valence-corrected chi connectivity index (χ1v) is 9.93. The number of rotatable bonds is 7. The minimum Gasteiger partial charge on any atom is -0.495 e. The summed E-state index contributed by atoms with van der Waals surface area (Å²) in [5.41, 5.74) is 0.996. The van der Waals surface area contributed by atoms with Crippen molar-refractivity contribution in [3.05, 3.63) is 57.1 Å². The van der Waals surface area contributed by atoms with Gasteiger partial charge in [0.2, 0.25) is 5.91 Å². The van der Waals surface area contributed by atoms with Crippen molar-refractivity contribution in [2.24, 2.45) is 5.92 Å². The van der Waals surface area contributed by atoms with E-state index in [0.717, 1.165) is 0 Å². The van der Waals surface area contributed by atoms with E-state index in [2.05, 4.69) is 5.32 Å². The lowest BCUT2D eigenvalue weighted by Gasteiger charge is -2.17. The smallest absolute Gasteiger partial charge is 0.311 e. The molecule has 2 aromatic carbocycles. The number of methoxy groups -OCH3 is 1. The van der Waals surface area contributed by atoms with E-state index in [-0.39, 0.29) is 24.6 Å². The normalized spacial score (nSPS) is 15.4. The Morgan fingerprint density at radius 2 is 2.03 bits per heavy atom. The van der Waals surface area contributed by atoms with E-state index < -0.39 is 29.3 Å². The molecule has 0 unspecified atom stereocenters. The zero-order valence-corrected chi connectivity index (χ0v) is 18.0. The molecule has 0 bridgehead atoms. The largest absolute Gasteiger partial charge is 0.495 e. The quantitative estimate of drug-likeness (QED) is 0.381. The number of esters is 1. The number of ether oxygens (including phenoxy) is 2. The number of aryl methyl sites for hydroxylation is 1. The molecular weight excluding hydrogens is 442 g/mol. The van der Waals surface area contributed by atoms with Crippen LogP contribution in [0.25, 0.3) is 0 Å². The number of hydrogen-bond acceptors (Lipinski definition) is 7. The second-order valence-electron chi connectivity index (χ2n) is 7.13. The summed E-state index contributed by atoms with van der Waals surface area (Å²) in [6.07, 6.45) is -0.121. The van der Waals surface area contributed by atoms with Gasteiger partial charge in [0.05, 0.1) is 29.3 Å². The molecule has 11 heteroatoms. The number of carbonyl (C=O) groups is 3. The molecule has 32 heavy (non-hydrogen) atoms. The summed E-state index contributed by atoms with van der Waals surface area (Å²) in [5.74, 6) is -2.09. The summed E-state index contributed by atoms with van der Waals surface area (Å²) in [5, 5.41) is 14.1. The lowest BCUT2D eigenvalue weighted by Crippen LogP contribution is -2.28. The molecule has 0 aromatic heterocycles. The fraction of sp³-hybridized carbons (Fsp3) is 0.286. The Labute approximate surface area is 188 Å². The van der Waals surface area contributed by atoms with E-state index >= 15 is 0 Å². The van der Waals surface area contributed by atoms with Crippen molar-refractivity contribution >= 4 is 46.4 Å². The van der Waals surface area contributed by atoms with Gasteiger partial charge in [-0.15, -0.1) is 0 Å². The molecule has 1 heterocycles. The number of nitro groups is 1. The molecule has 2 amide bonds. The summed E-state index contributed by atoms with van der Waals surface area (Å²) in [6, 6.07) is 9.10. The van der Waals surface area contributed by atoms with Crippen molar-refractivity contribution in [2.75, 3.05) is 30.5 Å². The Bertz CT molecular complexity index is 1090. The van der Waals surface area contributed by atoms with Crippen LogP contribution in [0, 0.1) is 23.0 Å². The van der Waals surface area contributed by atoms with Crippen LogP contribution in [-0.2, 0) is 19.1 Å². The van der Waals surface area contributed by atoms with Crippen molar-refractivity contribution in [3.8, 4) is 5.75 Å². The van der Waals surface area contributed by atoms with Crippen LogP contribution in [0.3, 0.4) is 0 Å². The highest BCUT2D eigenvalue weighted by molar-refractivity contribution is 6.31. The van der Waals surface area contributed by atoms with Gasteiger partial charge in [-0.25, -0.2) is 0 Å². The second kappa shape index (κ2) is 9.65. The fourth-order valence-electron chi connectivity index (χ4n) is 3.30. The maximum Gasteiger partial charge on any atom is 0.311 e. The van der Waals surface area contributed by atoms with Gasteiger partial charge in [0.25, 0.3) is 11.6 Å². The minimum absolute atomic E-state index is 0.00160. The molecule has 2 aromatic rings. The maximum atomic E-state index is 12.4. The van der Waals surface area contributed by atoms with Crippen LogP contribution < -0.4 is 15.0 Å². The van der Waals surface area contributed by atoms with E-state index in [1.165, 1.54) is 24.1 Å². The average molecular weight is 462 g/mol. The third kappa shape index (κ3) is 5.14. The molecule has 0 aliphatic carbocycles. The van der Waals surface area contributed by atoms with Gasteiger partial charge >= 0.3 is 5.97 Å². The van der Waals surface area contributed by atoms with Crippen molar-refractivity contribution in [1.29, 1.82) is 0 Å². The standard InChI is InChI=1S/C21H20ClN3O7/c1-12-3-5-15(9-17(12)25(29)30)24-10-13(7-20(24)27)21(28)32-11-19(26)23-16-8-14(22)4-6-18(16)31-2/h3-6,8-9,13H,7,10-11H2,1-2H3,(H,23,26)/t13-/m0/s1.